The molecular weight excluding hydrogens is 392 g/mol. The van der Waals surface area contributed by atoms with Crippen molar-refractivity contribution in [2.24, 2.45) is 0 Å². The second-order valence-electron chi connectivity index (χ2n) is 6.46. The van der Waals surface area contributed by atoms with Gasteiger partial charge in [-0.05, 0) is 39.7 Å². The van der Waals surface area contributed by atoms with E-state index in [1.165, 1.54) is 6.92 Å². The smallest absolute Gasteiger partial charge is 0.395 e. The van der Waals surface area contributed by atoms with Gasteiger partial charge in [0.25, 0.3) is 0 Å². The molecule has 0 aliphatic carbocycles. The molecule has 0 aromatic carbocycles. The van der Waals surface area contributed by atoms with Crippen LogP contribution >= 0.6 is 0 Å². The van der Waals surface area contributed by atoms with Crippen LogP contribution in [0, 0.1) is 0 Å². The number of quaternary nitrogens is 1. The van der Waals surface area contributed by atoms with Gasteiger partial charge in [0.05, 0.1) is 46.1 Å². The Morgan fingerprint density at radius 2 is 1.32 bits per heavy atom. The Kier molecular flexibility index (Phi) is 19.9. The average Bonchev–Trinajstić information content (AvgIpc) is 2.61. The SMILES string of the molecule is CCOS(=O)(=O)O.CC[N+](CCO)(CCO)CCCCCN(CCO)CCO. The minimum Gasteiger partial charge on any atom is -0.395 e. The molecule has 0 atom stereocenters. The molecular formula is C17H41N2O8S+. The summed E-state index contributed by atoms with van der Waals surface area (Å²) in [4.78, 5) is 2.07. The number of hydrogen-bond acceptors (Lipinski definition) is 8. The van der Waals surface area contributed by atoms with Gasteiger partial charge >= 0.3 is 10.4 Å². The third kappa shape index (κ3) is 17.7. The maximum atomic E-state index is 9.56. The highest BCUT2D eigenvalue weighted by atomic mass is 32.3. The molecule has 0 spiro atoms. The second-order valence-corrected chi connectivity index (χ2v) is 7.55. The summed E-state index contributed by atoms with van der Waals surface area (Å²) in [5.74, 6) is 0. The van der Waals surface area contributed by atoms with Gasteiger partial charge in [-0.15, -0.1) is 0 Å². The van der Waals surface area contributed by atoms with Crippen molar-refractivity contribution in [3.8, 4) is 0 Å². The molecule has 0 aliphatic rings. The predicted molar refractivity (Wildman–Crippen MR) is 107 cm³/mol. The maximum Gasteiger partial charge on any atom is 0.397 e. The van der Waals surface area contributed by atoms with E-state index in [1.54, 1.807) is 0 Å². The van der Waals surface area contributed by atoms with Crippen LogP contribution in [-0.2, 0) is 14.6 Å². The lowest BCUT2D eigenvalue weighted by molar-refractivity contribution is -0.927. The summed E-state index contributed by atoms with van der Waals surface area (Å²) in [6.45, 7) is 9.58. The first-order valence-electron chi connectivity index (χ1n) is 9.86. The molecule has 0 aromatic rings. The minimum atomic E-state index is -4.17. The van der Waals surface area contributed by atoms with Crippen LogP contribution in [0.3, 0.4) is 0 Å². The maximum absolute atomic E-state index is 9.56. The summed E-state index contributed by atoms with van der Waals surface area (Å²) in [5, 5.41) is 36.3. The molecule has 0 rings (SSSR count). The van der Waals surface area contributed by atoms with Crippen LogP contribution in [0.5, 0.6) is 0 Å². The summed E-state index contributed by atoms with van der Waals surface area (Å²) < 4.78 is 31.4. The van der Waals surface area contributed by atoms with E-state index in [1.807, 2.05) is 0 Å². The molecule has 0 aliphatic heterocycles. The lowest BCUT2D eigenvalue weighted by Gasteiger charge is -2.37. The quantitative estimate of drug-likeness (QED) is 0.112. The molecule has 28 heavy (non-hydrogen) atoms. The molecule has 5 N–H and O–H groups in total. The van der Waals surface area contributed by atoms with E-state index in [0.29, 0.717) is 26.2 Å². The van der Waals surface area contributed by atoms with Crippen molar-refractivity contribution in [2.45, 2.75) is 33.1 Å². The highest BCUT2D eigenvalue weighted by Gasteiger charge is 2.23. The Morgan fingerprint density at radius 1 is 0.786 bits per heavy atom. The van der Waals surface area contributed by atoms with E-state index >= 15 is 0 Å². The van der Waals surface area contributed by atoms with E-state index in [9.17, 15) is 18.6 Å². The fourth-order valence-corrected chi connectivity index (χ4v) is 3.26. The van der Waals surface area contributed by atoms with E-state index in [0.717, 1.165) is 43.4 Å². The van der Waals surface area contributed by atoms with Gasteiger partial charge in [0, 0.05) is 13.1 Å². The summed E-state index contributed by atoms with van der Waals surface area (Å²) in [6.07, 6.45) is 3.20. The average molecular weight is 434 g/mol. The van der Waals surface area contributed by atoms with Gasteiger partial charge in [0.15, 0.2) is 0 Å². The molecule has 0 heterocycles. The molecule has 11 heteroatoms. The van der Waals surface area contributed by atoms with Crippen LogP contribution in [-0.4, -0.2) is 122 Å². The molecule has 0 aromatic heterocycles. The highest BCUT2D eigenvalue weighted by molar-refractivity contribution is 7.80. The standard InChI is InChI=1S/C15H35N2O4.C2H6O4S/c1-2-17(10-14-20,11-15-21)9-5-3-4-6-16(7-12-18)8-13-19;1-2-6-7(3,4)5/h18-21H,2-15H2,1H3;2H2,1H3,(H,3,4,5)/q+1;. The highest BCUT2D eigenvalue weighted by Crippen LogP contribution is 2.10. The van der Waals surface area contributed by atoms with Gasteiger partial charge in [-0.2, -0.15) is 8.42 Å². The van der Waals surface area contributed by atoms with Gasteiger partial charge in [-0.25, -0.2) is 4.18 Å². The molecule has 0 fully saturated rings. The first-order chi connectivity index (χ1) is 13.2. The van der Waals surface area contributed by atoms with Crippen LogP contribution < -0.4 is 0 Å². The lowest BCUT2D eigenvalue weighted by Crippen LogP contribution is -2.52. The zero-order valence-electron chi connectivity index (χ0n) is 17.4. The molecule has 0 unspecified atom stereocenters. The Balaban J connectivity index is 0. The fourth-order valence-electron chi connectivity index (χ4n) is 2.96. The summed E-state index contributed by atoms with van der Waals surface area (Å²) in [5.41, 5.74) is 0. The third-order valence-electron chi connectivity index (χ3n) is 4.53. The number of nitrogens with zero attached hydrogens (tertiary/aromatic N) is 2. The van der Waals surface area contributed by atoms with Crippen molar-refractivity contribution in [3.63, 3.8) is 0 Å². The van der Waals surface area contributed by atoms with Crippen LogP contribution in [0.4, 0.5) is 0 Å². The number of aliphatic hydroxyl groups excluding tert-OH is 4. The topological polar surface area (TPSA) is 148 Å². The summed E-state index contributed by atoms with van der Waals surface area (Å²) in [6, 6.07) is 0. The van der Waals surface area contributed by atoms with Crippen molar-refractivity contribution < 1.29 is 42.1 Å². The number of unbranched alkanes of at least 4 members (excludes halogenated alkanes) is 2. The lowest BCUT2D eigenvalue weighted by atomic mass is 10.2. The van der Waals surface area contributed by atoms with Crippen molar-refractivity contribution in [2.75, 3.05) is 78.8 Å². The second kappa shape index (κ2) is 18.6. The van der Waals surface area contributed by atoms with Gasteiger partial charge < -0.3 is 24.9 Å². The van der Waals surface area contributed by atoms with Gasteiger partial charge in [0.1, 0.15) is 13.1 Å². The van der Waals surface area contributed by atoms with Gasteiger partial charge in [0.2, 0.25) is 0 Å². The number of hydrogen-bond donors (Lipinski definition) is 5. The summed E-state index contributed by atoms with van der Waals surface area (Å²) >= 11 is 0. The minimum absolute atomic E-state index is 0.0289. The largest absolute Gasteiger partial charge is 0.397 e. The normalized spacial score (nSPS) is 12.1. The Morgan fingerprint density at radius 3 is 1.64 bits per heavy atom. The molecule has 0 saturated carbocycles. The molecule has 0 amide bonds. The Labute approximate surface area is 169 Å². The molecule has 0 saturated heterocycles. The number of aliphatic hydroxyl groups is 4. The van der Waals surface area contributed by atoms with E-state index in [4.69, 9.17) is 14.8 Å². The zero-order chi connectivity index (χ0) is 21.9. The predicted octanol–water partition coefficient (Wildman–Crippen LogP) is -0.910. The van der Waals surface area contributed by atoms with Crippen molar-refractivity contribution in [1.82, 2.24) is 4.90 Å². The van der Waals surface area contributed by atoms with E-state index in [2.05, 4.69) is 16.0 Å². The van der Waals surface area contributed by atoms with Crippen LogP contribution in [0.1, 0.15) is 33.1 Å². The van der Waals surface area contributed by atoms with Gasteiger partial charge in [-0.3, -0.25) is 9.45 Å². The monoisotopic (exact) mass is 433 g/mol. The molecule has 0 radical (unpaired) electrons. The third-order valence-corrected chi connectivity index (χ3v) is 5.06. The first-order valence-corrected chi connectivity index (χ1v) is 11.2. The number of rotatable bonds is 17. The van der Waals surface area contributed by atoms with Gasteiger partial charge in [-0.1, -0.05) is 0 Å². The molecule has 0 bridgehead atoms. The van der Waals surface area contributed by atoms with Crippen LogP contribution in [0.15, 0.2) is 0 Å². The van der Waals surface area contributed by atoms with Crippen molar-refractivity contribution in [1.29, 1.82) is 0 Å². The van der Waals surface area contributed by atoms with Crippen LogP contribution in [0.2, 0.25) is 0 Å². The van der Waals surface area contributed by atoms with E-state index < -0.39 is 10.4 Å². The number of likely N-dealkylation sites (N-methyl/N-ethyl adjacent to an activating group) is 1. The fraction of sp³-hybridized carbons (Fsp3) is 1.00. The Bertz CT molecular complexity index is 425. The van der Waals surface area contributed by atoms with Crippen LogP contribution in [0.25, 0.3) is 0 Å². The summed E-state index contributed by atoms with van der Waals surface area (Å²) in [7, 11) is -4.17. The molecule has 172 valence electrons. The first kappa shape index (κ1) is 29.8. The van der Waals surface area contributed by atoms with Crippen molar-refractivity contribution in [3.05, 3.63) is 0 Å². The van der Waals surface area contributed by atoms with Crippen molar-refractivity contribution >= 4 is 10.4 Å². The zero-order valence-corrected chi connectivity index (χ0v) is 18.2. The Hall–Kier alpha value is -0.370. The molecule has 10 nitrogen and oxygen atoms in total. The van der Waals surface area contributed by atoms with E-state index in [-0.39, 0.29) is 33.0 Å².